The van der Waals surface area contributed by atoms with Gasteiger partial charge < -0.3 is 10.4 Å². The number of amides is 1. The minimum absolute atomic E-state index is 0.317. The highest BCUT2D eigenvalue weighted by molar-refractivity contribution is 6.03. The summed E-state index contributed by atoms with van der Waals surface area (Å²) in [5.74, 6) is -1.33. The zero-order valence-corrected chi connectivity index (χ0v) is 10.3. The van der Waals surface area contributed by atoms with E-state index >= 15 is 0 Å². The average molecular weight is 259 g/mol. The fourth-order valence-electron chi connectivity index (χ4n) is 1.50. The van der Waals surface area contributed by atoms with Crippen LogP contribution in [0.1, 0.15) is 23.3 Å². The predicted molar refractivity (Wildman–Crippen MR) is 69.0 cm³/mol. The van der Waals surface area contributed by atoms with Gasteiger partial charge in [-0.05, 0) is 19.1 Å². The summed E-state index contributed by atoms with van der Waals surface area (Å²) in [7, 11) is 0. The largest absolute Gasteiger partial charge is 0.480 e. The molecule has 0 aliphatic rings. The number of carbonyl (C=O) groups is 2. The first-order valence-electron chi connectivity index (χ1n) is 5.71. The number of nitrogens with one attached hydrogen (secondary N) is 1. The van der Waals surface area contributed by atoms with Crippen LogP contribution in [0, 0.1) is 0 Å². The van der Waals surface area contributed by atoms with Crippen LogP contribution in [0.4, 0.5) is 5.69 Å². The summed E-state index contributed by atoms with van der Waals surface area (Å²) < 4.78 is 1.24. The Bertz CT molecular complexity index is 592. The van der Waals surface area contributed by atoms with Crippen molar-refractivity contribution < 1.29 is 14.7 Å². The molecular weight excluding hydrogens is 246 g/mol. The van der Waals surface area contributed by atoms with Crippen molar-refractivity contribution >= 4 is 17.6 Å². The molecular formula is C13H13N3O3. The third kappa shape index (κ3) is 2.98. The Labute approximate surface area is 109 Å². The van der Waals surface area contributed by atoms with Gasteiger partial charge >= 0.3 is 5.97 Å². The van der Waals surface area contributed by atoms with Crippen LogP contribution in [0.3, 0.4) is 0 Å². The maximum Gasteiger partial charge on any atom is 0.328 e. The molecule has 0 radical (unpaired) electrons. The van der Waals surface area contributed by atoms with Crippen molar-refractivity contribution in [3.8, 4) is 0 Å². The standard InChI is InChI=1S/C13H13N3O3/c1-9(13(18)19)16-8-10(7-14-16)12(17)15-11-5-3-2-4-6-11/h2-9H,1H3,(H,15,17)(H,18,19). The normalized spacial score (nSPS) is 11.8. The molecule has 2 aromatic rings. The minimum atomic E-state index is -1.00. The van der Waals surface area contributed by atoms with Crippen LogP contribution in [0.2, 0.25) is 0 Å². The fraction of sp³-hybridized carbons (Fsp3) is 0.154. The molecule has 0 saturated heterocycles. The van der Waals surface area contributed by atoms with Crippen LogP contribution in [0.25, 0.3) is 0 Å². The molecule has 1 aromatic carbocycles. The van der Waals surface area contributed by atoms with Gasteiger partial charge in [-0.3, -0.25) is 9.48 Å². The van der Waals surface area contributed by atoms with E-state index in [0.29, 0.717) is 11.3 Å². The average Bonchev–Trinajstić information content (AvgIpc) is 2.88. The number of aromatic nitrogens is 2. The highest BCUT2D eigenvalue weighted by Crippen LogP contribution is 2.10. The summed E-state index contributed by atoms with van der Waals surface area (Å²) in [5, 5.41) is 15.4. The highest BCUT2D eigenvalue weighted by atomic mass is 16.4. The Hall–Kier alpha value is -2.63. The van der Waals surface area contributed by atoms with Gasteiger partial charge in [0.2, 0.25) is 0 Å². The number of para-hydroxylation sites is 1. The van der Waals surface area contributed by atoms with Crippen molar-refractivity contribution in [1.29, 1.82) is 0 Å². The molecule has 1 heterocycles. The number of hydrogen-bond acceptors (Lipinski definition) is 3. The van der Waals surface area contributed by atoms with Gasteiger partial charge in [0, 0.05) is 11.9 Å². The lowest BCUT2D eigenvalue weighted by atomic mass is 10.3. The molecule has 0 spiro atoms. The maximum absolute atomic E-state index is 11.9. The van der Waals surface area contributed by atoms with E-state index in [1.807, 2.05) is 18.2 Å². The molecule has 0 fully saturated rings. The summed E-state index contributed by atoms with van der Waals surface area (Å²) in [6.45, 7) is 1.49. The van der Waals surface area contributed by atoms with Crippen LogP contribution in [0.5, 0.6) is 0 Å². The summed E-state index contributed by atoms with van der Waals surface area (Å²) in [4.78, 5) is 22.7. The number of aliphatic carboxylic acids is 1. The van der Waals surface area contributed by atoms with Crippen LogP contribution >= 0.6 is 0 Å². The summed E-state index contributed by atoms with van der Waals surface area (Å²) in [5.41, 5.74) is 0.989. The number of carboxylic acids is 1. The van der Waals surface area contributed by atoms with Gasteiger partial charge in [0.25, 0.3) is 5.91 Å². The SMILES string of the molecule is CC(C(=O)O)n1cc(C(=O)Nc2ccccc2)cn1. The lowest BCUT2D eigenvalue weighted by Gasteiger charge is -2.05. The lowest BCUT2D eigenvalue weighted by molar-refractivity contribution is -0.140. The number of anilines is 1. The van der Waals surface area contributed by atoms with Crippen molar-refractivity contribution in [2.45, 2.75) is 13.0 Å². The molecule has 2 rings (SSSR count). The van der Waals surface area contributed by atoms with E-state index in [-0.39, 0.29) is 5.91 Å². The number of carbonyl (C=O) groups excluding carboxylic acids is 1. The number of benzene rings is 1. The van der Waals surface area contributed by atoms with Crippen LogP contribution in [-0.4, -0.2) is 26.8 Å². The van der Waals surface area contributed by atoms with E-state index in [4.69, 9.17) is 5.11 Å². The second-order valence-corrected chi connectivity index (χ2v) is 4.04. The topological polar surface area (TPSA) is 84.2 Å². The van der Waals surface area contributed by atoms with E-state index in [0.717, 1.165) is 0 Å². The smallest absolute Gasteiger partial charge is 0.328 e. The molecule has 1 amide bonds. The first kappa shape index (κ1) is 12.8. The van der Waals surface area contributed by atoms with Gasteiger partial charge in [0.1, 0.15) is 6.04 Å². The Morgan fingerprint density at radius 1 is 1.32 bits per heavy atom. The van der Waals surface area contributed by atoms with Crippen molar-refractivity contribution in [2.24, 2.45) is 0 Å². The Morgan fingerprint density at radius 2 is 2.00 bits per heavy atom. The van der Waals surface area contributed by atoms with Crippen LogP contribution in [0.15, 0.2) is 42.7 Å². The monoisotopic (exact) mass is 259 g/mol. The predicted octanol–water partition coefficient (Wildman–Crippen LogP) is 1.78. The van der Waals surface area contributed by atoms with Crippen LogP contribution in [-0.2, 0) is 4.79 Å². The summed E-state index contributed by atoms with van der Waals surface area (Å²) in [6.07, 6.45) is 2.76. The number of nitrogens with zero attached hydrogens (tertiary/aromatic N) is 2. The molecule has 1 aromatic heterocycles. The van der Waals surface area contributed by atoms with Crippen molar-refractivity contribution in [2.75, 3.05) is 5.32 Å². The third-order valence-electron chi connectivity index (χ3n) is 2.65. The van der Waals surface area contributed by atoms with Crippen molar-refractivity contribution in [3.05, 3.63) is 48.3 Å². The second-order valence-electron chi connectivity index (χ2n) is 4.04. The Kier molecular flexibility index (Phi) is 3.61. The fourth-order valence-corrected chi connectivity index (χ4v) is 1.50. The first-order valence-corrected chi connectivity index (χ1v) is 5.71. The minimum Gasteiger partial charge on any atom is -0.480 e. The highest BCUT2D eigenvalue weighted by Gasteiger charge is 2.16. The number of carboxylic acid groups (broad SMARTS) is 1. The molecule has 98 valence electrons. The quantitative estimate of drug-likeness (QED) is 0.876. The van der Waals surface area contributed by atoms with Crippen LogP contribution < -0.4 is 5.32 Å². The summed E-state index contributed by atoms with van der Waals surface area (Å²) in [6, 6.07) is 8.20. The van der Waals surface area contributed by atoms with E-state index in [1.165, 1.54) is 24.0 Å². The molecule has 1 atom stereocenters. The van der Waals surface area contributed by atoms with Gasteiger partial charge in [-0.15, -0.1) is 0 Å². The van der Waals surface area contributed by atoms with E-state index < -0.39 is 12.0 Å². The van der Waals surface area contributed by atoms with Crippen molar-refractivity contribution in [1.82, 2.24) is 9.78 Å². The zero-order valence-electron chi connectivity index (χ0n) is 10.3. The van der Waals surface area contributed by atoms with E-state index in [1.54, 1.807) is 12.1 Å². The Morgan fingerprint density at radius 3 is 2.63 bits per heavy atom. The Balaban J connectivity index is 2.10. The molecule has 0 bridgehead atoms. The molecule has 0 aliphatic carbocycles. The summed E-state index contributed by atoms with van der Waals surface area (Å²) >= 11 is 0. The number of rotatable bonds is 4. The molecule has 6 nitrogen and oxygen atoms in total. The van der Waals surface area contributed by atoms with Gasteiger partial charge in [0.05, 0.1) is 11.8 Å². The molecule has 6 heteroatoms. The number of hydrogen-bond donors (Lipinski definition) is 2. The zero-order chi connectivity index (χ0) is 13.8. The third-order valence-corrected chi connectivity index (χ3v) is 2.65. The molecule has 0 saturated carbocycles. The molecule has 19 heavy (non-hydrogen) atoms. The lowest BCUT2D eigenvalue weighted by Crippen LogP contribution is -2.16. The molecule has 2 N–H and O–H groups in total. The molecule has 0 aliphatic heterocycles. The van der Waals surface area contributed by atoms with Crippen molar-refractivity contribution in [3.63, 3.8) is 0 Å². The molecule has 1 unspecified atom stereocenters. The first-order chi connectivity index (χ1) is 9.08. The van der Waals surface area contributed by atoms with Gasteiger partial charge in [-0.1, -0.05) is 18.2 Å². The van der Waals surface area contributed by atoms with E-state index in [9.17, 15) is 9.59 Å². The maximum atomic E-state index is 11.9. The van der Waals surface area contributed by atoms with Gasteiger partial charge in [-0.2, -0.15) is 5.10 Å². The van der Waals surface area contributed by atoms with E-state index in [2.05, 4.69) is 10.4 Å². The van der Waals surface area contributed by atoms with Gasteiger partial charge in [-0.25, -0.2) is 4.79 Å². The van der Waals surface area contributed by atoms with Gasteiger partial charge in [0.15, 0.2) is 0 Å². The second kappa shape index (κ2) is 5.34.